The van der Waals surface area contributed by atoms with Crippen LogP contribution in [0.1, 0.15) is 0 Å². The summed E-state index contributed by atoms with van der Waals surface area (Å²) in [5.74, 6) is 0.529. The Balaban J connectivity index is 2.49. The summed E-state index contributed by atoms with van der Waals surface area (Å²) in [5, 5.41) is 9.40. The normalized spacial score (nSPS) is 9.92. The van der Waals surface area contributed by atoms with Crippen LogP contribution in [0, 0.1) is 0 Å². The smallest absolute Gasteiger partial charge is 0.536 e. The fourth-order valence-corrected chi connectivity index (χ4v) is 1.18. The second-order valence-corrected chi connectivity index (χ2v) is 2.59. The summed E-state index contributed by atoms with van der Waals surface area (Å²) in [6.45, 7) is 0. The van der Waals surface area contributed by atoms with E-state index in [-0.39, 0.29) is 0 Å². The predicted molar refractivity (Wildman–Crippen MR) is 50.3 cm³/mol. The molecule has 0 saturated heterocycles. The minimum Gasteiger partial charge on any atom is -0.536 e. The lowest BCUT2D eigenvalue weighted by Gasteiger charge is -2.01. The van der Waals surface area contributed by atoms with E-state index in [1.54, 1.807) is 6.20 Å². The molecule has 1 radical (unpaired) electrons. The predicted octanol–water partition coefficient (Wildman–Crippen LogP) is 1.14. The van der Waals surface area contributed by atoms with Gasteiger partial charge in [-0.25, -0.2) is 0 Å². The highest BCUT2D eigenvalue weighted by molar-refractivity contribution is 6.17. The van der Waals surface area contributed by atoms with Crippen molar-refractivity contribution in [2.24, 2.45) is 0 Å². The van der Waals surface area contributed by atoms with Gasteiger partial charge in [-0.2, -0.15) is 0 Å². The zero-order valence-electron chi connectivity index (χ0n) is 6.84. The Morgan fingerprint density at radius 1 is 1.31 bits per heavy atom. The van der Waals surface area contributed by atoms with Crippen LogP contribution in [0.15, 0.2) is 36.5 Å². The van der Waals surface area contributed by atoms with E-state index in [2.05, 4.69) is 4.98 Å². The zero-order valence-corrected chi connectivity index (χ0v) is 6.84. The van der Waals surface area contributed by atoms with Crippen molar-refractivity contribution in [3.05, 3.63) is 36.5 Å². The Labute approximate surface area is 76.3 Å². The lowest BCUT2D eigenvalue weighted by atomic mass is 10.2. The molecule has 0 aliphatic carbocycles. The molecule has 63 valence electrons. The molecule has 2 rings (SSSR count). The van der Waals surface area contributed by atoms with Crippen molar-refractivity contribution >= 4 is 18.6 Å². The Morgan fingerprint density at radius 3 is 3.00 bits per heavy atom. The Bertz CT molecular complexity index is 419. The van der Waals surface area contributed by atoms with Gasteiger partial charge in [0.05, 0.1) is 11.7 Å². The Kier molecular flexibility index (Phi) is 2.14. The van der Waals surface area contributed by atoms with Crippen molar-refractivity contribution in [3.63, 3.8) is 0 Å². The van der Waals surface area contributed by atoms with Crippen molar-refractivity contribution in [3.8, 4) is 5.75 Å². The van der Waals surface area contributed by atoms with Crippen LogP contribution in [0.25, 0.3) is 10.9 Å². The molecule has 3 nitrogen and oxygen atoms in total. The second-order valence-electron chi connectivity index (χ2n) is 2.59. The lowest BCUT2D eigenvalue weighted by molar-refractivity contribution is 0.453. The van der Waals surface area contributed by atoms with E-state index in [4.69, 9.17) is 9.68 Å². The number of hydrogen-bond acceptors (Lipinski definition) is 3. The van der Waals surface area contributed by atoms with Crippen LogP contribution in [-0.2, 0) is 0 Å². The maximum Gasteiger partial charge on any atom is 0.569 e. The summed E-state index contributed by atoms with van der Waals surface area (Å²) in [5.41, 5.74) is 0.910. The van der Waals surface area contributed by atoms with E-state index in [0.29, 0.717) is 13.4 Å². The van der Waals surface area contributed by atoms with Crippen LogP contribution < -0.4 is 4.65 Å². The third kappa shape index (κ3) is 1.62. The summed E-state index contributed by atoms with van der Waals surface area (Å²) in [4.78, 5) is 4.14. The van der Waals surface area contributed by atoms with E-state index in [1.807, 2.05) is 30.3 Å². The average molecular weight is 172 g/mol. The van der Waals surface area contributed by atoms with Crippen LogP contribution in [0.4, 0.5) is 0 Å². The molecule has 1 N–H and O–H groups in total. The van der Waals surface area contributed by atoms with Gasteiger partial charge in [0, 0.05) is 5.39 Å². The van der Waals surface area contributed by atoms with Gasteiger partial charge in [-0.15, -0.1) is 0 Å². The summed E-state index contributed by atoms with van der Waals surface area (Å²) in [6.07, 6.45) is 1.56. The number of aromatic nitrogens is 1. The first-order valence-corrected chi connectivity index (χ1v) is 3.87. The van der Waals surface area contributed by atoms with Gasteiger partial charge in [0.2, 0.25) is 0 Å². The summed E-state index contributed by atoms with van der Waals surface area (Å²) < 4.78 is 4.78. The van der Waals surface area contributed by atoms with E-state index < -0.39 is 0 Å². The SMILES string of the molecule is O[B]Oc1cnc2ccccc2c1. The van der Waals surface area contributed by atoms with Crippen LogP contribution in [0.2, 0.25) is 0 Å². The first kappa shape index (κ1) is 8.07. The minimum absolute atomic E-state index is 0.529. The topological polar surface area (TPSA) is 42.4 Å². The number of nitrogens with zero attached hydrogens (tertiary/aromatic N) is 1. The van der Waals surface area contributed by atoms with Crippen LogP contribution in [0.3, 0.4) is 0 Å². The van der Waals surface area contributed by atoms with Gasteiger partial charge in [0.15, 0.2) is 0 Å². The van der Waals surface area contributed by atoms with Crippen molar-refractivity contribution in [1.29, 1.82) is 0 Å². The fraction of sp³-hybridized carbons (Fsp3) is 0. The van der Waals surface area contributed by atoms with Crippen molar-refractivity contribution in [2.75, 3.05) is 0 Å². The molecule has 0 aliphatic heterocycles. The number of benzene rings is 1. The quantitative estimate of drug-likeness (QED) is 0.690. The van der Waals surface area contributed by atoms with E-state index >= 15 is 0 Å². The molecule has 2 aromatic rings. The number of rotatable bonds is 2. The zero-order chi connectivity index (χ0) is 9.10. The molecule has 0 aliphatic rings. The van der Waals surface area contributed by atoms with Gasteiger partial charge < -0.3 is 9.68 Å². The van der Waals surface area contributed by atoms with Crippen LogP contribution in [-0.4, -0.2) is 17.7 Å². The maximum absolute atomic E-state index is 8.42. The third-order valence-corrected chi connectivity index (χ3v) is 1.75. The molecular weight excluding hydrogens is 165 g/mol. The molecule has 0 spiro atoms. The van der Waals surface area contributed by atoms with Crippen LogP contribution in [0.5, 0.6) is 5.75 Å². The molecule has 0 fully saturated rings. The first-order chi connectivity index (χ1) is 6.40. The van der Waals surface area contributed by atoms with Gasteiger partial charge in [-0.1, -0.05) is 18.2 Å². The van der Waals surface area contributed by atoms with Gasteiger partial charge in [-0.05, 0) is 12.1 Å². The summed E-state index contributed by atoms with van der Waals surface area (Å²) >= 11 is 0. The molecule has 0 saturated carbocycles. The molecule has 0 unspecified atom stereocenters. The Hall–Kier alpha value is -1.55. The molecule has 1 heterocycles. The summed E-state index contributed by atoms with van der Waals surface area (Å²) in [6, 6.07) is 9.52. The monoisotopic (exact) mass is 172 g/mol. The highest BCUT2D eigenvalue weighted by atomic mass is 16.5. The van der Waals surface area contributed by atoms with Crippen molar-refractivity contribution in [2.45, 2.75) is 0 Å². The van der Waals surface area contributed by atoms with Crippen molar-refractivity contribution < 1.29 is 9.68 Å². The van der Waals surface area contributed by atoms with E-state index in [0.717, 1.165) is 10.9 Å². The minimum atomic E-state index is 0.529. The molecule has 0 bridgehead atoms. The number of hydrogen-bond donors (Lipinski definition) is 1. The van der Waals surface area contributed by atoms with Gasteiger partial charge in [-0.3, -0.25) is 4.98 Å². The molecule has 1 aromatic heterocycles. The highest BCUT2D eigenvalue weighted by Crippen LogP contribution is 2.16. The van der Waals surface area contributed by atoms with E-state index in [9.17, 15) is 0 Å². The molecule has 1 aromatic carbocycles. The number of para-hydroxylation sites is 1. The second kappa shape index (κ2) is 3.45. The van der Waals surface area contributed by atoms with Crippen molar-refractivity contribution in [1.82, 2.24) is 4.98 Å². The van der Waals surface area contributed by atoms with Gasteiger partial charge in [0.1, 0.15) is 5.75 Å². The van der Waals surface area contributed by atoms with Gasteiger partial charge in [0.25, 0.3) is 0 Å². The standard InChI is InChI=1S/C9H7BNO2/c12-10-13-8-5-7-3-1-2-4-9(7)11-6-8/h1-6,12H. The largest absolute Gasteiger partial charge is 0.569 e. The van der Waals surface area contributed by atoms with Gasteiger partial charge >= 0.3 is 7.69 Å². The third-order valence-electron chi connectivity index (χ3n) is 1.75. The molecule has 0 amide bonds. The highest BCUT2D eigenvalue weighted by Gasteiger charge is 1.97. The maximum atomic E-state index is 8.42. The molecule has 13 heavy (non-hydrogen) atoms. The van der Waals surface area contributed by atoms with Crippen LogP contribution >= 0.6 is 0 Å². The number of fused-ring (bicyclic) bond motifs is 1. The average Bonchev–Trinajstić information content (AvgIpc) is 2.18. The summed E-state index contributed by atoms with van der Waals surface area (Å²) in [7, 11) is 0.645. The van der Waals surface area contributed by atoms with E-state index in [1.165, 1.54) is 0 Å². The first-order valence-electron chi connectivity index (χ1n) is 3.87. The molecule has 4 heteroatoms. The fourth-order valence-electron chi connectivity index (χ4n) is 1.18. The number of pyridine rings is 1. The lowest BCUT2D eigenvalue weighted by Crippen LogP contribution is -1.99. The molecule has 0 atom stereocenters. The Morgan fingerprint density at radius 2 is 2.15 bits per heavy atom. The molecular formula is C9H7BNO2.